The van der Waals surface area contributed by atoms with Gasteiger partial charge in [-0.1, -0.05) is 35.5 Å². The van der Waals surface area contributed by atoms with Crippen LogP contribution in [0.4, 0.5) is 0 Å². The van der Waals surface area contributed by atoms with Crippen molar-refractivity contribution in [2.75, 3.05) is 6.61 Å². The van der Waals surface area contributed by atoms with E-state index in [4.69, 9.17) is 9.47 Å². The van der Waals surface area contributed by atoms with Crippen LogP contribution in [0.25, 0.3) is 5.69 Å². The first-order valence-electron chi connectivity index (χ1n) is 9.70. The molecule has 2 aromatic carbocycles. The molecule has 1 fully saturated rings. The molecular weight excluding hydrogens is 386 g/mol. The number of hydrazine groups is 1. The lowest BCUT2D eigenvalue weighted by molar-refractivity contribution is -0.131. The summed E-state index contributed by atoms with van der Waals surface area (Å²) in [6, 6.07) is 16.6. The van der Waals surface area contributed by atoms with Crippen LogP contribution in [0, 0.1) is 0 Å². The highest BCUT2D eigenvalue weighted by atomic mass is 16.6. The number of nitrogens with one attached hydrogen (secondary N) is 2. The molecule has 9 nitrogen and oxygen atoms in total. The lowest BCUT2D eigenvalue weighted by Gasteiger charge is -2.25. The Morgan fingerprint density at radius 1 is 0.967 bits per heavy atom. The van der Waals surface area contributed by atoms with Crippen LogP contribution in [-0.4, -0.2) is 39.5 Å². The van der Waals surface area contributed by atoms with Gasteiger partial charge in [0.05, 0.1) is 11.4 Å². The maximum Gasteiger partial charge on any atom is 0.292 e. The molecule has 152 valence electrons. The van der Waals surface area contributed by atoms with Gasteiger partial charge >= 0.3 is 0 Å². The number of aromatic nitrogens is 3. The van der Waals surface area contributed by atoms with Crippen molar-refractivity contribution in [3.63, 3.8) is 0 Å². The number of carbonyl (C=O) groups is 2. The summed E-state index contributed by atoms with van der Waals surface area (Å²) < 4.78 is 12.9. The van der Waals surface area contributed by atoms with Gasteiger partial charge in [-0.3, -0.25) is 20.4 Å². The Hall–Kier alpha value is -3.88. The highest BCUT2D eigenvalue weighted by molar-refractivity contribution is 5.95. The topological polar surface area (TPSA) is 107 Å². The normalized spacial score (nSPS) is 17.3. The van der Waals surface area contributed by atoms with Crippen molar-refractivity contribution in [3.05, 3.63) is 66.0 Å². The molecule has 1 atom stereocenters. The molecule has 2 aliphatic rings. The Kier molecular flexibility index (Phi) is 4.55. The number of hydrogen-bond donors (Lipinski definition) is 2. The van der Waals surface area contributed by atoms with E-state index < -0.39 is 17.9 Å². The molecule has 30 heavy (non-hydrogen) atoms. The molecule has 0 radical (unpaired) electrons. The van der Waals surface area contributed by atoms with Crippen molar-refractivity contribution in [2.45, 2.75) is 24.9 Å². The van der Waals surface area contributed by atoms with E-state index in [1.165, 1.54) is 0 Å². The minimum absolute atomic E-state index is 0.0518. The number of rotatable bonds is 4. The van der Waals surface area contributed by atoms with Crippen LogP contribution < -0.4 is 20.3 Å². The Balaban J connectivity index is 1.27. The van der Waals surface area contributed by atoms with Crippen molar-refractivity contribution < 1.29 is 19.1 Å². The SMILES string of the molecule is O=C(NNC(=O)C1COc2ccccc2O1)c1nnn(-c2ccccc2)c1C1CC1. The number of benzene rings is 2. The van der Waals surface area contributed by atoms with Crippen LogP contribution in [0.5, 0.6) is 11.5 Å². The summed E-state index contributed by atoms with van der Waals surface area (Å²) in [7, 11) is 0. The van der Waals surface area contributed by atoms with Crippen LogP contribution in [0.3, 0.4) is 0 Å². The second-order valence-electron chi connectivity index (χ2n) is 7.15. The molecule has 2 amide bonds. The lowest BCUT2D eigenvalue weighted by atomic mass is 10.2. The second kappa shape index (κ2) is 7.51. The van der Waals surface area contributed by atoms with E-state index in [0.29, 0.717) is 11.5 Å². The van der Waals surface area contributed by atoms with E-state index in [1.54, 1.807) is 22.9 Å². The zero-order valence-corrected chi connectivity index (χ0v) is 15.9. The minimum atomic E-state index is -0.872. The molecule has 3 aromatic rings. The molecule has 1 aromatic heterocycles. The fourth-order valence-electron chi connectivity index (χ4n) is 3.34. The number of ether oxygens (including phenoxy) is 2. The molecule has 2 N–H and O–H groups in total. The van der Waals surface area contributed by atoms with Gasteiger partial charge in [0.1, 0.15) is 6.61 Å². The Morgan fingerprint density at radius 3 is 2.47 bits per heavy atom. The first-order chi connectivity index (χ1) is 14.7. The zero-order chi connectivity index (χ0) is 20.5. The third kappa shape index (κ3) is 3.45. The molecule has 1 aliphatic carbocycles. The molecule has 1 saturated carbocycles. The zero-order valence-electron chi connectivity index (χ0n) is 15.9. The minimum Gasteiger partial charge on any atom is -0.485 e. The van der Waals surface area contributed by atoms with Crippen molar-refractivity contribution in [1.29, 1.82) is 0 Å². The standard InChI is InChI=1S/C21H19N5O4/c27-20(17-12-29-15-8-4-5-9-16(15)30-17)23-24-21(28)18-19(13-10-11-13)26(25-22-18)14-6-2-1-3-7-14/h1-9,13,17H,10-12H2,(H,23,27)(H,24,28). The first kappa shape index (κ1) is 18.2. The van der Waals surface area contributed by atoms with Crippen LogP contribution in [-0.2, 0) is 4.79 Å². The lowest BCUT2D eigenvalue weighted by Crippen LogP contribution is -2.51. The van der Waals surface area contributed by atoms with E-state index >= 15 is 0 Å². The van der Waals surface area contributed by atoms with Gasteiger partial charge in [-0.2, -0.15) is 0 Å². The molecule has 5 rings (SSSR count). The number of carbonyl (C=O) groups excluding carboxylic acids is 2. The monoisotopic (exact) mass is 405 g/mol. The number of amides is 2. The summed E-state index contributed by atoms with van der Waals surface area (Å²) in [5, 5.41) is 8.23. The third-order valence-electron chi connectivity index (χ3n) is 4.99. The molecule has 0 spiro atoms. The fourth-order valence-corrected chi connectivity index (χ4v) is 3.34. The largest absolute Gasteiger partial charge is 0.485 e. The average molecular weight is 405 g/mol. The number of nitrogens with zero attached hydrogens (tertiary/aromatic N) is 3. The van der Waals surface area contributed by atoms with Gasteiger partial charge in [-0.15, -0.1) is 5.10 Å². The molecule has 0 bridgehead atoms. The summed E-state index contributed by atoms with van der Waals surface area (Å²) in [5.74, 6) is 0.253. The molecule has 1 unspecified atom stereocenters. The highest BCUT2D eigenvalue weighted by Gasteiger charge is 2.35. The average Bonchev–Trinajstić information content (AvgIpc) is 3.55. The third-order valence-corrected chi connectivity index (χ3v) is 4.99. The van der Waals surface area contributed by atoms with Crippen LogP contribution >= 0.6 is 0 Å². The van der Waals surface area contributed by atoms with Crippen LogP contribution in [0.15, 0.2) is 54.6 Å². The molecule has 1 aliphatic heterocycles. The molecular formula is C21H19N5O4. The predicted octanol–water partition coefficient (Wildman–Crippen LogP) is 1.75. The smallest absolute Gasteiger partial charge is 0.292 e. The predicted molar refractivity (Wildman–Crippen MR) is 105 cm³/mol. The van der Waals surface area contributed by atoms with E-state index in [-0.39, 0.29) is 18.2 Å². The summed E-state index contributed by atoms with van der Waals surface area (Å²) in [4.78, 5) is 25.1. The Labute approximate surface area is 172 Å². The fraction of sp³-hybridized carbons (Fsp3) is 0.238. The van der Waals surface area contributed by atoms with Crippen LogP contribution in [0.2, 0.25) is 0 Å². The van der Waals surface area contributed by atoms with E-state index in [0.717, 1.165) is 24.2 Å². The van der Waals surface area contributed by atoms with Crippen molar-refractivity contribution in [2.24, 2.45) is 0 Å². The maximum absolute atomic E-state index is 12.7. The van der Waals surface area contributed by atoms with E-state index in [2.05, 4.69) is 21.2 Å². The summed E-state index contributed by atoms with van der Waals surface area (Å²) in [6.07, 6.45) is 1.07. The maximum atomic E-state index is 12.7. The van der Waals surface area contributed by atoms with Gasteiger partial charge in [-0.25, -0.2) is 4.68 Å². The van der Waals surface area contributed by atoms with E-state index in [1.807, 2.05) is 36.4 Å². The quantitative estimate of drug-likeness (QED) is 0.641. The van der Waals surface area contributed by atoms with Crippen molar-refractivity contribution in [3.8, 4) is 17.2 Å². The Bertz CT molecular complexity index is 1090. The molecule has 9 heteroatoms. The molecule has 0 saturated heterocycles. The molecule has 2 heterocycles. The van der Waals surface area contributed by atoms with Gasteiger partial charge < -0.3 is 9.47 Å². The van der Waals surface area contributed by atoms with Crippen molar-refractivity contribution in [1.82, 2.24) is 25.8 Å². The number of hydrogen-bond acceptors (Lipinski definition) is 6. The highest BCUT2D eigenvalue weighted by Crippen LogP contribution is 2.41. The summed E-state index contributed by atoms with van der Waals surface area (Å²) in [5.41, 5.74) is 6.60. The van der Waals surface area contributed by atoms with Crippen LogP contribution in [0.1, 0.15) is 34.9 Å². The Morgan fingerprint density at radius 2 is 1.70 bits per heavy atom. The van der Waals surface area contributed by atoms with Gasteiger partial charge in [0.15, 0.2) is 17.2 Å². The number of fused-ring (bicyclic) bond motifs is 1. The van der Waals surface area contributed by atoms with Gasteiger partial charge in [0, 0.05) is 5.92 Å². The summed E-state index contributed by atoms with van der Waals surface area (Å²) in [6.45, 7) is 0.0518. The van der Waals surface area contributed by atoms with Gasteiger partial charge in [0.2, 0.25) is 6.10 Å². The van der Waals surface area contributed by atoms with Gasteiger partial charge in [0.25, 0.3) is 11.8 Å². The van der Waals surface area contributed by atoms with Crippen molar-refractivity contribution >= 4 is 11.8 Å². The van der Waals surface area contributed by atoms with E-state index in [9.17, 15) is 9.59 Å². The van der Waals surface area contributed by atoms with Gasteiger partial charge in [-0.05, 0) is 37.1 Å². The summed E-state index contributed by atoms with van der Waals surface area (Å²) >= 11 is 0. The first-order valence-corrected chi connectivity index (χ1v) is 9.70. The second-order valence-corrected chi connectivity index (χ2v) is 7.15. The number of para-hydroxylation sites is 3.